The van der Waals surface area contributed by atoms with Gasteiger partial charge in [0.1, 0.15) is 18.1 Å². The Labute approximate surface area is 207 Å². The van der Waals surface area contributed by atoms with E-state index in [1.165, 1.54) is 20.8 Å². The molecule has 36 heavy (non-hydrogen) atoms. The van der Waals surface area contributed by atoms with Gasteiger partial charge in [0.05, 0.1) is 19.3 Å². The van der Waals surface area contributed by atoms with Crippen LogP contribution in [0.4, 0.5) is 13.2 Å². The van der Waals surface area contributed by atoms with E-state index in [9.17, 15) is 32.8 Å². The van der Waals surface area contributed by atoms with E-state index >= 15 is 0 Å². The van der Waals surface area contributed by atoms with E-state index in [0.717, 1.165) is 24.0 Å². The highest BCUT2D eigenvalue weighted by molar-refractivity contribution is 5.93. The molecule has 3 rings (SSSR count). The van der Waals surface area contributed by atoms with Crippen molar-refractivity contribution in [3.8, 4) is 6.07 Å². The average molecular weight is 509 g/mol. The number of amides is 3. The second kappa shape index (κ2) is 10.9. The summed E-state index contributed by atoms with van der Waals surface area (Å²) in [6.45, 7) is 5.16. The van der Waals surface area contributed by atoms with Gasteiger partial charge in [-0.25, -0.2) is 0 Å². The number of halogens is 3. The lowest BCUT2D eigenvalue weighted by Gasteiger charge is -2.33. The number of hydrogen-bond donors (Lipinski definition) is 3. The number of benzene rings is 1. The van der Waals surface area contributed by atoms with Crippen LogP contribution in [-0.2, 0) is 25.7 Å². The lowest BCUT2D eigenvalue weighted by molar-refractivity contribution is -0.175. The van der Waals surface area contributed by atoms with Crippen LogP contribution >= 0.6 is 0 Å². The van der Waals surface area contributed by atoms with Crippen molar-refractivity contribution in [1.82, 2.24) is 16.0 Å². The van der Waals surface area contributed by atoms with Crippen LogP contribution in [0, 0.1) is 22.7 Å². The Hall–Kier alpha value is -3.13. The standard InChI is InChI=1S/C25H31F3N4O4/c1-24(2,3)20(32-23(35)25(26,27)28)22(34)30-18(10-14-8-9-14)21(33)31-19(11-29)17-13-36-12-15-6-4-5-7-16(15)17/h4-7,14,17-20H,8-10,12-13H2,1-3H3,(H,30,34)(H,31,33)(H,32,35). The molecule has 1 aliphatic heterocycles. The second-order valence-electron chi connectivity index (χ2n) is 10.4. The predicted molar refractivity (Wildman–Crippen MR) is 123 cm³/mol. The third kappa shape index (κ3) is 6.97. The summed E-state index contributed by atoms with van der Waals surface area (Å²) in [5.41, 5.74) is 0.741. The molecule has 1 saturated carbocycles. The van der Waals surface area contributed by atoms with Crippen molar-refractivity contribution in [1.29, 1.82) is 5.26 Å². The molecule has 1 aromatic rings. The number of rotatable bonds is 8. The van der Waals surface area contributed by atoms with Crippen LogP contribution in [0.5, 0.6) is 0 Å². The van der Waals surface area contributed by atoms with Gasteiger partial charge in [-0.05, 0) is 28.9 Å². The number of alkyl halides is 3. The molecule has 0 radical (unpaired) electrons. The minimum absolute atomic E-state index is 0.179. The maximum Gasteiger partial charge on any atom is 0.471 e. The van der Waals surface area contributed by atoms with Crippen LogP contribution in [0.1, 0.15) is 57.1 Å². The van der Waals surface area contributed by atoms with E-state index in [1.54, 1.807) is 5.32 Å². The topological polar surface area (TPSA) is 120 Å². The smallest absolute Gasteiger partial charge is 0.376 e. The number of fused-ring (bicyclic) bond motifs is 1. The Morgan fingerprint density at radius 2 is 1.75 bits per heavy atom. The molecule has 0 aromatic heterocycles. The molecule has 196 valence electrons. The zero-order valence-corrected chi connectivity index (χ0v) is 20.4. The van der Waals surface area contributed by atoms with Crippen LogP contribution in [0.2, 0.25) is 0 Å². The largest absolute Gasteiger partial charge is 0.471 e. The molecule has 1 fully saturated rings. The molecule has 1 heterocycles. The fraction of sp³-hybridized carbons (Fsp3) is 0.600. The molecule has 4 atom stereocenters. The van der Waals surface area contributed by atoms with Crippen molar-refractivity contribution >= 4 is 17.7 Å². The number of nitrogens with zero attached hydrogens (tertiary/aromatic N) is 1. The molecule has 3 amide bonds. The van der Waals surface area contributed by atoms with Crippen LogP contribution < -0.4 is 16.0 Å². The van der Waals surface area contributed by atoms with Crippen molar-refractivity contribution < 1.29 is 32.3 Å². The molecule has 3 N–H and O–H groups in total. The number of carbonyl (C=O) groups excluding carboxylic acids is 3. The van der Waals surface area contributed by atoms with Gasteiger partial charge in [-0.3, -0.25) is 14.4 Å². The number of hydrogen-bond acceptors (Lipinski definition) is 5. The van der Waals surface area contributed by atoms with Gasteiger partial charge < -0.3 is 20.7 Å². The number of nitrogens with one attached hydrogen (secondary N) is 3. The van der Waals surface area contributed by atoms with E-state index in [-0.39, 0.29) is 18.9 Å². The van der Waals surface area contributed by atoms with E-state index in [2.05, 4.69) is 16.7 Å². The Morgan fingerprint density at radius 1 is 1.08 bits per heavy atom. The molecular weight excluding hydrogens is 477 g/mol. The zero-order valence-electron chi connectivity index (χ0n) is 20.4. The van der Waals surface area contributed by atoms with Crippen LogP contribution in [0.3, 0.4) is 0 Å². The summed E-state index contributed by atoms with van der Waals surface area (Å²) < 4.78 is 44.1. The van der Waals surface area contributed by atoms with Crippen LogP contribution in [-0.4, -0.2) is 48.6 Å². The summed E-state index contributed by atoms with van der Waals surface area (Å²) >= 11 is 0. The molecule has 2 aliphatic rings. The van der Waals surface area contributed by atoms with E-state index in [1.807, 2.05) is 24.3 Å². The third-order valence-corrected chi connectivity index (χ3v) is 6.41. The Bertz CT molecular complexity index is 1030. The summed E-state index contributed by atoms with van der Waals surface area (Å²) in [6, 6.07) is 6.00. The van der Waals surface area contributed by atoms with Gasteiger partial charge in [0.25, 0.3) is 0 Å². The minimum Gasteiger partial charge on any atom is -0.376 e. The summed E-state index contributed by atoms with van der Waals surface area (Å²) in [6.07, 6.45) is -3.16. The highest BCUT2D eigenvalue weighted by atomic mass is 19.4. The van der Waals surface area contributed by atoms with E-state index in [4.69, 9.17) is 4.74 Å². The van der Waals surface area contributed by atoms with Gasteiger partial charge >= 0.3 is 12.1 Å². The molecule has 8 nitrogen and oxygen atoms in total. The normalized spacial score (nSPS) is 20.2. The quantitative estimate of drug-likeness (QED) is 0.499. The van der Waals surface area contributed by atoms with Gasteiger partial charge in [-0.2, -0.15) is 18.4 Å². The van der Waals surface area contributed by atoms with E-state index < -0.39 is 53.4 Å². The van der Waals surface area contributed by atoms with Crippen LogP contribution in [0.25, 0.3) is 0 Å². The third-order valence-electron chi connectivity index (χ3n) is 6.41. The van der Waals surface area contributed by atoms with Crippen molar-refractivity contribution in [3.05, 3.63) is 35.4 Å². The summed E-state index contributed by atoms with van der Waals surface area (Å²) in [5, 5.41) is 16.8. The van der Waals surface area contributed by atoms with Gasteiger partial charge in [-0.15, -0.1) is 0 Å². The van der Waals surface area contributed by atoms with Gasteiger partial charge in [-0.1, -0.05) is 57.9 Å². The van der Waals surface area contributed by atoms with Gasteiger partial charge in [0, 0.05) is 5.92 Å². The molecule has 0 spiro atoms. The molecular formula is C25H31F3N4O4. The molecule has 1 aliphatic carbocycles. The molecule has 1 aromatic carbocycles. The fourth-order valence-corrected chi connectivity index (χ4v) is 4.23. The number of ether oxygens (including phenoxy) is 1. The SMILES string of the molecule is CC(C)(C)C(NC(=O)C(F)(F)F)C(=O)NC(CC1CC1)C(=O)NC(C#N)C1COCc2ccccc21. The summed E-state index contributed by atoms with van der Waals surface area (Å²) in [4.78, 5) is 37.8. The summed E-state index contributed by atoms with van der Waals surface area (Å²) in [7, 11) is 0. The minimum atomic E-state index is -5.16. The fourth-order valence-electron chi connectivity index (χ4n) is 4.23. The first-order chi connectivity index (χ1) is 16.8. The maximum absolute atomic E-state index is 13.2. The first kappa shape index (κ1) is 27.5. The van der Waals surface area contributed by atoms with Crippen molar-refractivity contribution in [2.75, 3.05) is 6.61 Å². The first-order valence-corrected chi connectivity index (χ1v) is 11.8. The lowest BCUT2D eigenvalue weighted by atomic mass is 9.85. The Morgan fingerprint density at radius 3 is 2.33 bits per heavy atom. The molecule has 11 heteroatoms. The number of nitriles is 1. The van der Waals surface area contributed by atoms with Crippen molar-refractivity contribution in [3.63, 3.8) is 0 Å². The van der Waals surface area contributed by atoms with Gasteiger partial charge in [0.15, 0.2) is 0 Å². The monoisotopic (exact) mass is 508 g/mol. The zero-order chi connectivity index (χ0) is 26.7. The average Bonchev–Trinajstić information content (AvgIpc) is 3.62. The maximum atomic E-state index is 13.2. The summed E-state index contributed by atoms with van der Waals surface area (Å²) in [5.74, 6) is -3.99. The van der Waals surface area contributed by atoms with Crippen molar-refractivity contribution in [2.24, 2.45) is 11.3 Å². The second-order valence-corrected chi connectivity index (χ2v) is 10.4. The molecule has 0 bridgehead atoms. The Balaban J connectivity index is 1.76. The Kier molecular flexibility index (Phi) is 8.29. The molecule has 0 saturated heterocycles. The van der Waals surface area contributed by atoms with Gasteiger partial charge in [0.2, 0.25) is 11.8 Å². The van der Waals surface area contributed by atoms with Crippen LogP contribution in [0.15, 0.2) is 24.3 Å². The molecule has 4 unspecified atom stereocenters. The van der Waals surface area contributed by atoms with Crippen molar-refractivity contribution in [2.45, 2.75) is 76.9 Å². The van der Waals surface area contributed by atoms with E-state index in [0.29, 0.717) is 6.61 Å². The first-order valence-electron chi connectivity index (χ1n) is 11.8. The highest BCUT2D eigenvalue weighted by Gasteiger charge is 2.44. The number of carbonyl (C=O) groups is 3. The predicted octanol–water partition coefficient (Wildman–Crippen LogP) is 2.69. The lowest BCUT2D eigenvalue weighted by Crippen LogP contribution is -2.60. The highest BCUT2D eigenvalue weighted by Crippen LogP contribution is 2.34.